The topological polar surface area (TPSA) is 46.9 Å². The Hall–Kier alpha value is -1.59. The van der Waals surface area contributed by atoms with Crippen LogP contribution in [-0.4, -0.2) is 22.0 Å². The minimum absolute atomic E-state index is 0.0772. The van der Waals surface area contributed by atoms with Gasteiger partial charge in [-0.1, -0.05) is 30.1 Å². The number of rotatable bonds is 5. The lowest BCUT2D eigenvalue weighted by molar-refractivity contribution is 0.0946. The van der Waals surface area contributed by atoms with E-state index in [4.69, 9.17) is 23.2 Å². The standard InChI is InChI=1S/C14H14Cl2FN3O/c1-9(7-20-3-2-18-8-20)6-19-14(21)10-4-13(17)12(16)5-11(10)15/h2-5,8-9H,6-7H2,1H3,(H,19,21). The van der Waals surface area contributed by atoms with Crippen LogP contribution in [0.15, 0.2) is 30.9 Å². The predicted molar refractivity (Wildman–Crippen MR) is 80.1 cm³/mol. The average molecular weight is 330 g/mol. The van der Waals surface area contributed by atoms with Crippen molar-refractivity contribution in [3.63, 3.8) is 0 Å². The molecule has 4 nitrogen and oxygen atoms in total. The Morgan fingerprint density at radius 2 is 2.19 bits per heavy atom. The molecule has 1 aromatic heterocycles. The normalized spacial score (nSPS) is 12.2. The van der Waals surface area contributed by atoms with Crippen LogP contribution in [0.2, 0.25) is 10.0 Å². The Bertz CT molecular complexity index is 631. The first-order valence-corrected chi connectivity index (χ1v) is 7.11. The van der Waals surface area contributed by atoms with Gasteiger partial charge in [-0.05, 0) is 18.1 Å². The first kappa shape index (κ1) is 15.8. The molecule has 0 aliphatic carbocycles. The third-order valence-corrected chi connectivity index (χ3v) is 3.55. The monoisotopic (exact) mass is 329 g/mol. The van der Waals surface area contributed by atoms with E-state index >= 15 is 0 Å². The van der Waals surface area contributed by atoms with Crippen molar-refractivity contribution in [1.82, 2.24) is 14.9 Å². The van der Waals surface area contributed by atoms with Gasteiger partial charge in [0.2, 0.25) is 0 Å². The van der Waals surface area contributed by atoms with Gasteiger partial charge in [-0.15, -0.1) is 0 Å². The van der Waals surface area contributed by atoms with Gasteiger partial charge in [0.15, 0.2) is 0 Å². The van der Waals surface area contributed by atoms with Crippen molar-refractivity contribution >= 4 is 29.1 Å². The number of halogens is 3. The lowest BCUT2D eigenvalue weighted by Gasteiger charge is -2.14. The first-order valence-electron chi connectivity index (χ1n) is 6.36. The first-order chi connectivity index (χ1) is 9.97. The maximum atomic E-state index is 13.4. The Morgan fingerprint density at radius 3 is 2.86 bits per heavy atom. The van der Waals surface area contributed by atoms with Gasteiger partial charge in [0.25, 0.3) is 5.91 Å². The maximum Gasteiger partial charge on any atom is 0.252 e. The van der Waals surface area contributed by atoms with Crippen molar-refractivity contribution in [2.75, 3.05) is 6.54 Å². The second-order valence-corrected chi connectivity index (χ2v) is 5.64. The molecule has 0 radical (unpaired) electrons. The highest BCUT2D eigenvalue weighted by molar-refractivity contribution is 6.36. The predicted octanol–water partition coefficient (Wildman–Crippen LogP) is 3.40. The van der Waals surface area contributed by atoms with E-state index < -0.39 is 11.7 Å². The largest absolute Gasteiger partial charge is 0.352 e. The van der Waals surface area contributed by atoms with E-state index in [9.17, 15) is 9.18 Å². The van der Waals surface area contributed by atoms with Crippen LogP contribution in [0, 0.1) is 11.7 Å². The fourth-order valence-electron chi connectivity index (χ4n) is 1.88. The summed E-state index contributed by atoms with van der Waals surface area (Å²) in [5.41, 5.74) is 0.0772. The number of benzene rings is 1. The lowest BCUT2D eigenvalue weighted by Crippen LogP contribution is -2.30. The quantitative estimate of drug-likeness (QED) is 0.854. The van der Waals surface area contributed by atoms with Gasteiger partial charge in [-0.2, -0.15) is 0 Å². The van der Waals surface area contributed by atoms with Crippen molar-refractivity contribution in [2.45, 2.75) is 13.5 Å². The van der Waals surface area contributed by atoms with Gasteiger partial charge in [0.05, 0.1) is 21.9 Å². The van der Waals surface area contributed by atoms with Crippen LogP contribution in [0.4, 0.5) is 4.39 Å². The number of imidazole rings is 1. The fourth-order valence-corrected chi connectivity index (χ4v) is 2.35. The highest BCUT2D eigenvalue weighted by atomic mass is 35.5. The second-order valence-electron chi connectivity index (χ2n) is 4.82. The van der Waals surface area contributed by atoms with Gasteiger partial charge >= 0.3 is 0 Å². The maximum absolute atomic E-state index is 13.4. The van der Waals surface area contributed by atoms with Gasteiger partial charge in [0, 0.05) is 25.5 Å². The molecule has 1 unspecified atom stereocenters. The zero-order chi connectivity index (χ0) is 15.4. The molecule has 0 fully saturated rings. The molecule has 1 atom stereocenters. The van der Waals surface area contributed by atoms with Crippen LogP contribution < -0.4 is 5.32 Å². The summed E-state index contributed by atoms with van der Waals surface area (Å²) in [6.45, 7) is 3.16. The number of nitrogens with zero attached hydrogens (tertiary/aromatic N) is 2. The van der Waals surface area contributed by atoms with Gasteiger partial charge < -0.3 is 9.88 Å². The lowest BCUT2D eigenvalue weighted by atomic mass is 10.1. The summed E-state index contributed by atoms with van der Waals surface area (Å²) in [7, 11) is 0. The van der Waals surface area contributed by atoms with Gasteiger partial charge in [-0.3, -0.25) is 4.79 Å². The summed E-state index contributed by atoms with van der Waals surface area (Å²) in [6, 6.07) is 2.27. The smallest absolute Gasteiger partial charge is 0.252 e. The molecule has 0 bridgehead atoms. The molecule has 1 amide bonds. The van der Waals surface area contributed by atoms with Gasteiger partial charge in [0.1, 0.15) is 5.82 Å². The van der Waals surface area contributed by atoms with Crippen molar-refractivity contribution < 1.29 is 9.18 Å². The highest BCUT2D eigenvalue weighted by Gasteiger charge is 2.15. The Morgan fingerprint density at radius 1 is 1.43 bits per heavy atom. The molecule has 0 spiro atoms. The van der Waals surface area contributed by atoms with E-state index in [1.165, 1.54) is 6.07 Å². The summed E-state index contributed by atoms with van der Waals surface area (Å²) in [5.74, 6) is -0.898. The molecule has 1 aromatic carbocycles. The Labute approximate surface area is 131 Å². The van der Waals surface area contributed by atoms with Crippen LogP contribution in [-0.2, 0) is 6.54 Å². The molecule has 0 aliphatic rings. The summed E-state index contributed by atoms with van der Waals surface area (Å²) in [6.07, 6.45) is 5.26. The van der Waals surface area contributed by atoms with Crippen molar-refractivity contribution in [1.29, 1.82) is 0 Å². The SMILES string of the molecule is CC(CNC(=O)c1cc(F)c(Cl)cc1Cl)Cn1ccnc1. The molecule has 2 rings (SSSR count). The fraction of sp³-hybridized carbons (Fsp3) is 0.286. The molecule has 21 heavy (non-hydrogen) atoms. The summed E-state index contributed by atoms with van der Waals surface area (Å²) in [5, 5.41) is 2.75. The minimum atomic E-state index is -0.669. The number of nitrogens with one attached hydrogen (secondary N) is 1. The molecule has 0 saturated heterocycles. The van der Waals surface area contributed by atoms with Crippen LogP contribution in [0.25, 0.3) is 0 Å². The number of carbonyl (C=O) groups excluding carboxylic acids is 1. The second kappa shape index (κ2) is 6.91. The summed E-state index contributed by atoms with van der Waals surface area (Å²) in [4.78, 5) is 16.0. The molecule has 0 aliphatic heterocycles. The van der Waals surface area contributed by atoms with Crippen molar-refractivity contribution in [2.24, 2.45) is 5.92 Å². The zero-order valence-corrected chi connectivity index (χ0v) is 12.8. The molecule has 1 heterocycles. The van der Waals surface area contributed by atoms with Crippen molar-refractivity contribution in [3.05, 3.63) is 52.3 Å². The highest BCUT2D eigenvalue weighted by Crippen LogP contribution is 2.24. The molecule has 1 N–H and O–H groups in total. The molecular formula is C14H14Cl2FN3O. The number of aromatic nitrogens is 2. The van der Waals surface area contributed by atoms with Crippen molar-refractivity contribution in [3.8, 4) is 0 Å². The van der Waals surface area contributed by atoms with Crippen LogP contribution in [0.3, 0.4) is 0 Å². The van der Waals surface area contributed by atoms with E-state index in [1.54, 1.807) is 12.5 Å². The average Bonchev–Trinajstić information content (AvgIpc) is 2.93. The van der Waals surface area contributed by atoms with Crippen LogP contribution in [0.1, 0.15) is 17.3 Å². The van der Waals surface area contributed by atoms with E-state index in [2.05, 4.69) is 10.3 Å². The van der Waals surface area contributed by atoms with Gasteiger partial charge in [-0.25, -0.2) is 9.37 Å². The molecule has 112 valence electrons. The summed E-state index contributed by atoms with van der Waals surface area (Å²) >= 11 is 11.5. The molecular weight excluding hydrogens is 316 g/mol. The summed E-state index contributed by atoms with van der Waals surface area (Å²) < 4.78 is 15.3. The number of amides is 1. The third-order valence-electron chi connectivity index (χ3n) is 2.95. The van der Waals surface area contributed by atoms with E-state index in [0.717, 1.165) is 12.6 Å². The molecule has 0 saturated carbocycles. The zero-order valence-electron chi connectivity index (χ0n) is 11.3. The molecule has 7 heteroatoms. The van der Waals surface area contributed by atoms with E-state index in [0.29, 0.717) is 6.54 Å². The van der Waals surface area contributed by atoms with Crippen LogP contribution >= 0.6 is 23.2 Å². The number of hydrogen-bond acceptors (Lipinski definition) is 2. The number of hydrogen-bond donors (Lipinski definition) is 1. The Kier molecular flexibility index (Phi) is 5.20. The number of carbonyl (C=O) groups is 1. The minimum Gasteiger partial charge on any atom is -0.352 e. The molecule has 2 aromatic rings. The Balaban J connectivity index is 1.94. The van der Waals surface area contributed by atoms with E-state index in [-0.39, 0.29) is 21.5 Å². The van der Waals surface area contributed by atoms with Crippen LogP contribution in [0.5, 0.6) is 0 Å². The van der Waals surface area contributed by atoms with E-state index in [1.807, 2.05) is 17.7 Å². The third kappa shape index (κ3) is 4.19.